The molecule has 17 heavy (non-hydrogen) atoms. The number of hydrogen-bond donors (Lipinski definition) is 2. The van der Waals surface area contributed by atoms with E-state index in [1.165, 1.54) is 12.1 Å². The second-order valence-corrected chi connectivity index (χ2v) is 7.33. The molecular formula is C7H8ClN3O4S2. The van der Waals surface area contributed by atoms with Gasteiger partial charge >= 0.3 is 0 Å². The maximum absolute atomic E-state index is 11.8. The van der Waals surface area contributed by atoms with E-state index >= 15 is 0 Å². The van der Waals surface area contributed by atoms with Crippen molar-refractivity contribution in [1.82, 2.24) is 3.82 Å². The van der Waals surface area contributed by atoms with Crippen molar-refractivity contribution >= 4 is 37.5 Å². The minimum absolute atomic E-state index is 0.0917. The van der Waals surface area contributed by atoms with Crippen LogP contribution in [0.25, 0.3) is 0 Å². The van der Waals surface area contributed by atoms with Crippen molar-refractivity contribution in [3.8, 4) is 0 Å². The summed E-state index contributed by atoms with van der Waals surface area (Å²) in [5.41, 5.74) is 0.286. The molecule has 0 atom stereocenters. The fourth-order valence-electron chi connectivity index (χ4n) is 1.38. The molecule has 0 saturated heterocycles. The highest BCUT2D eigenvalue weighted by atomic mass is 35.5. The van der Waals surface area contributed by atoms with Gasteiger partial charge in [0.1, 0.15) is 4.90 Å². The van der Waals surface area contributed by atoms with Crippen molar-refractivity contribution in [3.05, 3.63) is 18.2 Å². The Morgan fingerprint density at radius 1 is 1.41 bits per heavy atom. The van der Waals surface area contributed by atoms with Crippen molar-refractivity contribution in [3.63, 3.8) is 0 Å². The van der Waals surface area contributed by atoms with E-state index in [-0.39, 0.29) is 22.1 Å². The van der Waals surface area contributed by atoms with E-state index in [1.54, 1.807) is 0 Å². The summed E-state index contributed by atoms with van der Waals surface area (Å²) in [6.07, 6.45) is 0. The molecule has 1 aliphatic heterocycles. The van der Waals surface area contributed by atoms with E-state index in [4.69, 9.17) is 16.9 Å². The molecule has 0 bridgehead atoms. The summed E-state index contributed by atoms with van der Waals surface area (Å²) in [5.74, 6) is 0. The van der Waals surface area contributed by atoms with Crippen LogP contribution >= 0.6 is 11.8 Å². The lowest BCUT2D eigenvalue weighted by Gasteiger charge is -2.24. The molecule has 0 spiro atoms. The van der Waals surface area contributed by atoms with Gasteiger partial charge in [0.25, 0.3) is 10.0 Å². The SMILES string of the molecule is NS(=O)(=O)c1ccc2c(c1)S(=O)(=O)N(Cl)CN2. The van der Waals surface area contributed by atoms with Gasteiger partial charge in [0, 0.05) is 0 Å². The lowest BCUT2D eigenvalue weighted by atomic mass is 10.3. The summed E-state index contributed by atoms with van der Waals surface area (Å²) in [7, 11) is -7.85. The van der Waals surface area contributed by atoms with Crippen molar-refractivity contribution < 1.29 is 16.8 Å². The fraction of sp³-hybridized carbons (Fsp3) is 0.143. The van der Waals surface area contributed by atoms with E-state index in [9.17, 15) is 16.8 Å². The Kier molecular flexibility index (Phi) is 2.83. The summed E-state index contributed by atoms with van der Waals surface area (Å²) < 4.78 is 46.4. The van der Waals surface area contributed by atoms with Gasteiger partial charge in [-0.05, 0) is 30.0 Å². The van der Waals surface area contributed by atoms with Crippen LogP contribution in [0.2, 0.25) is 0 Å². The van der Waals surface area contributed by atoms with Gasteiger partial charge in [0.2, 0.25) is 10.0 Å². The van der Waals surface area contributed by atoms with E-state index in [0.717, 1.165) is 6.07 Å². The zero-order valence-corrected chi connectivity index (χ0v) is 10.7. The van der Waals surface area contributed by atoms with Crippen LogP contribution in [0.4, 0.5) is 5.69 Å². The van der Waals surface area contributed by atoms with Gasteiger partial charge in [-0.1, -0.05) is 3.82 Å². The standard InChI is InChI=1S/C7H8ClN3O4S2/c8-11-4-10-6-2-1-5(16(9,12)13)3-7(6)17(11,14)15/h1-3,10H,4H2,(H2,9,12,13). The molecule has 3 N–H and O–H groups in total. The number of hydrogen-bond acceptors (Lipinski definition) is 5. The highest BCUT2D eigenvalue weighted by Gasteiger charge is 2.31. The lowest BCUT2D eigenvalue weighted by molar-refractivity contribution is 0.540. The first-order valence-electron chi connectivity index (χ1n) is 4.32. The second kappa shape index (κ2) is 3.82. The van der Waals surface area contributed by atoms with Gasteiger partial charge in [-0.25, -0.2) is 22.0 Å². The number of primary sulfonamides is 1. The Bertz CT molecular complexity index is 670. The summed E-state index contributed by atoms with van der Waals surface area (Å²) in [6, 6.07) is 3.53. The van der Waals surface area contributed by atoms with E-state index in [2.05, 4.69) is 5.32 Å². The van der Waals surface area contributed by atoms with Crippen LogP contribution in [0.3, 0.4) is 0 Å². The Balaban J connectivity index is 2.71. The van der Waals surface area contributed by atoms with Crippen LogP contribution < -0.4 is 10.5 Å². The third-order valence-corrected chi connectivity index (χ3v) is 5.33. The molecular weight excluding hydrogens is 290 g/mol. The van der Waals surface area contributed by atoms with Crippen LogP contribution in [0, 0.1) is 0 Å². The Morgan fingerprint density at radius 2 is 2.06 bits per heavy atom. The van der Waals surface area contributed by atoms with Gasteiger partial charge < -0.3 is 5.32 Å². The van der Waals surface area contributed by atoms with E-state index in [1.807, 2.05) is 0 Å². The van der Waals surface area contributed by atoms with Crippen LogP contribution in [0.15, 0.2) is 28.0 Å². The predicted molar refractivity (Wildman–Crippen MR) is 61.2 cm³/mol. The zero-order chi connectivity index (χ0) is 12.8. The number of fused-ring (bicyclic) bond motifs is 1. The molecule has 7 nitrogen and oxygen atoms in total. The highest BCUT2D eigenvalue weighted by Crippen LogP contribution is 2.31. The summed E-state index contributed by atoms with van der Waals surface area (Å²) >= 11 is 5.50. The molecule has 1 heterocycles. The Morgan fingerprint density at radius 3 is 2.65 bits per heavy atom. The van der Waals surface area contributed by atoms with Gasteiger partial charge in [-0.2, -0.15) is 0 Å². The Labute approximate surface area is 103 Å². The molecule has 0 radical (unpaired) electrons. The second-order valence-electron chi connectivity index (χ2n) is 3.33. The third kappa shape index (κ3) is 2.11. The lowest BCUT2D eigenvalue weighted by Crippen LogP contribution is -2.33. The number of nitrogens with two attached hydrogens (primary N) is 1. The van der Waals surface area contributed by atoms with E-state index < -0.39 is 20.0 Å². The number of halogens is 1. The number of rotatable bonds is 1. The van der Waals surface area contributed by atoms with Crippen molar-refractivity contribution in [1.29, 1.82) is 0 Å². The van der Waals surface area contributed by atoms with Gasteiger partial charge in [0.05, 0.1) is 17.3 Å². The largest absolute Gasteiger partial charge is 0.369 e. The van der Waals surface area contributed by atoms with Crippen molar-refractivity contribution in [2.75, 3.05) is 12.0 Å². The monoisotopic (exact) mass is 297 g/mol. The van der Waals surface area contributed by atoms with Crippen molar-refractivity contribution in [2.24, 2.45) is 5.14 Å². The minimum Gasteiger partial charge on any atom is -0.369 e. The minimum atomic E-state index is -3.96. The molecule has 0 saturated carbocycles. The average molecular weight is 298 g/mol. The summed E-state index contributed by atoms with van der Waals surface area (Å²) in [4.78, 5) is -0.501. The summed E-state index contributed by atoms with van der Waals surface area (Å²) in [6.45, 7) is -0.0917. The molecule has 1 aromatic rings. The first-order valence-corrected chi connectivity index (χ1v) is 7.64. The molecule has 0 fully saturated rings. The van der Waals surface area contributed by atoms with Crippen LogP contribution in [0.5, 0.6) is 0 Å². The summed E-state index contributed by atoms with van der Waals surface area (Å²) in [5, 5.41) is 7.65. The van der Waals surface area contributed by atoms with Crippen molar-refractivity contribution in [2.45, 2.75) is 9.79 Å². The molecule has 94 valence electrons. The zero-order valence-electron chi connectivity index (χ0n) is 8.29. The Hall–Kier alpha value is -0.870. The number of nitrogens with one attached hydrogen (secondary N) is 1. The quantitative estimate of drug-likeness (QED) is 0.701. The number of benzene rings is 1. The van der Waals surface area contributed by atoms with E-state index in [0.29, 0.717) is 3.82 Å². The first kappa shape index (κ1) is 12.6. The normalized spacial score (nSPS) is 19.4. The number of anilines is 1. The molecule has 0 amide bonds. The third-order valence-electron chi connectivity index (χ3n) is 2.21. The molecule has 0 aromatic heterocycles. The predicted octanol–water partition coefficient (Wildman–Crippen LogP) is -0.138. The van der Waals surface area contributed by atoms with Crippen LogP contribution in [-0.2, 0) is 20.0 Å². The highest BCUT2D eigenvalue weighted by molar-refractivity contribution is 7.90. The smallest absolute Gasteiger partial charge is 0.260 e. The molecule has 0 aliphatic carbocycles. The van der Waals surface area contributed by atoms with Crippen LogP contribution in [0.1, 0.15) is 0 Å². The van der Waals surface area contributed by atoms with Crippen LogP contribution in [-0.4, -0.2) is 27.3 Å². The molecule has 2 rings (SSSR count). The topological polar surface area (TPSA) is 110 Å². The molecule has 1 aromatic carbocycles. The molecule has 1 aliphatic rings. The molecule has 0 unspecified atom stereocenters. The molecule has 10 heteroatoms. The average Bonchev–Trinajstić information content (AvgIpc) is 2.22. The first-order chi connectivity index (χ1) is 7.73. The maximum atomic E-state index is 11.8. The van der Waals surface area contributed by atoms with Gasteiger partial charge in [-0.3, -0.25) is 0 Å². The number of sulfonamides is 2. The maximum Gasteiger partial charge on any atom is 0.260 e. The van der Waals surface area contributed by atoms with Gasteiger partial charge in [-0.15, -0.1) is 0 Å². The number of nitrogens with zero attached hydrogens (tertiary/aromatic N) is 1. The fourth-order valence-corrected chi connectivity index (χ4v) is 3.42. The van der Waals surface area contributed by atoms with Gasteiger partial charge in [0.15, 0.2) is 0 Å².